The lowest BCUT2D eigenvalue weighted by molar-refractivity contribution is -0.189. The molecule has 2 aromatic heterocycles. The lowest BCUT2D eigenvalue weighted by Gasteiger charge is -2.30. The van der Waals surface area contributed by atoms with Crippen molar-refractivity contribution in [3.05, 3.63) is 12.7 Å². The number of anilines is 1. The first-order chi connectivity index (χ1) is 25.8. The number of fused-ring (bicyclic) bond motifs is 1. The highest BCUT2D eigenvalue weighted by atomic mass is 32.2. The van der Waals surface area contributed by atoms with Crippen LogP contribution in [0.2, 0.25) is 0 Å². The van der Waals surface area contributed by atoms with E-state index in [4.69, 9.17) is 24.6 Å². The number of hydrogen-bond acceptors (Lipinski definition) is 21. The lowest BCUT2D eigenvalue weighted by atomic mass is 9.87. The number of nitrogen functional groups attached to an aromatic ring is 1. The van der Waals surface area contributed by atoms with Gasteiger partial charge < -0.3 is 66.2 Å². The number of phosphoric ester groups is 3. The van der Waals surface area contributed by atoms with E-state index in [0.717, 1.165) is 17.2 Å². The fourth-order valence-corrected chi connectivity index (χ4v) is 8.23. The Labute approximate surface area is 320 Å². The Balaban J connectivity index is 1.49. The van der Waals surface area contributed by atoms with Crippen LogP contribution in [0.1, 0.15) is 32.9 Å². The largest absolute Gasteiger partial charge is 0.481 e. The molecule has 1 aliphatic heterocycles. The molecular formula is C25H42N7O20P3S. The minimum absolute atomic E-state index is 0.00585. The molecule has 2 unspecified atom stereocenters. The average molecular weight is 886 g/mol. The van der Waals surface area contributed by atoms with Gasteiger partial charge in [0.25, 0.3) is 0 Å². The highest BCUT2D eigenvalue weighted by Crippen LogP contribution is 2.61. The second-order valence-electron chi connectivity index (χ2n) is 12.6. The number of aliphatic hydroxyl groups is 5. The summed E-state index contributed by atoms with van der Waals surface area (Å²) in [6.45, 7) is -0.995. The standard InChI is InChI=1S/C25H42N7O20P3S/c1-24(2,19(37)22(38)28-4-3-14(34)27-5-6-56-15(35)7-25(39,40)9-33)10-49-55(46,47)52-54(44,45)48-8-13-18(51-53(41,42)43)17(36)23(50-13)32-12-31-16-20(26)29-11-30-21(16)32/h11-13,17-19,23,33,36-37,39-40H,3-10H2,1-2H3,(H,27,34)(H,28,38)(H,44,45)(H,46,47)(H2,26,29,30)(H2,41,42,43)/t13-,17-,18-,19+,23-/m1/s1. The van der Waals surface area contributed by atoms with E-state index >= 15 is 0 Å². The second kappa shape index (κ2) is 19.5. The third-order valence-corrected chi connectivity index (χ3v) is 11.4. The molecule has 3 heterocycles. The minimum atomic E-state index is -5.60. The maximum atomic E-state index is 12.6. The van der Waals surface area contributed by atoms with Gasteiger partial charge in [-0.1, -0.05) is 25.6 Å². The van der Waals surface area contributed by atoms with Crippen LogP contribution in [0.25, 0.3) is 11.2 Å². The van der Waals surface area contributed by atoms with Crippen LogP contribution in [0, 0.1) is 5.41 Å². The predicted molar refractivity (Wildman–Crippen MR) is 186 cm³/mol. The number of amides is 2. The van der Waals surface area contributed by atoms with Gasteiger partial charge in [0.05, 0.1) is 32.6 Å². The van der Waals surface area contributed by atoms with Crippen LogP contribution in [-0.2, 0) is 50.7 Å². The Morgan fingerprint density at radius 1 is 1.05 bits per heavy atom. The maximum absolute atomic E-state index is 12.6. The summed E-state index contributed by atoms with van der Waals surface area (Å²) in [5.41, 5.74) is 4.17. The van der Waals surface area contributed by atoms with Crippen molar-refractivity contribution in [3.8, 4) is 0 Å². The van der Waals surface area contributed by atoms with Gasteiger partial charge in [-0.15, -0.1) is 0 Å². The van der Waals surface area contributed by atoms with Crippen LogP contribution in [-0.4, -0.2) is 150 Å². The van der Waals surface area contributed by atoms with Gasteiger partial charge in [0.1, 0.15) is 36.3 Å². The summed E-state index contributed by atoms with van der Waals surface area (Å²) in [5.74, 6) is -4.15. The smallest absolute Gasteiger partial charge is 0.391 e. The molecule has 2 amide bonds. The Morgan fingerprint density at radius 2 is 1.71 bits per heavy atom. The normalized spacial score (nSPS) is 22.0. The molecule has 1 saturated heterocycles. The van der Waals surface area contributed by atoms with E-state index in [1.807, 2.05) is 0 Å². The molecule has 3 rings (SSSR count). The molecule has 0 saturated carbocycles. The Bertz CT molecular complexity index is 1850. The molecule has 56 heavy (non-hydrogen) atoms. The van der Waals surface area contributed by atoms with Crippen molar-refractivity contribution >= 4 is 69.1 Å². The Kier molecular flexibility index (Phi) is 16.6. The molecule has 27 nitrogen and oxygen atoms in total. The van der Waals surface area contributed by atoms with Crippen LogP contribution >= 0.6 is 35.2 Å². The lowest BCUT2D eigenvalue weighted by Crippen LogP contribution is -2.46. The van der Waals surface area contributed by atoms with Crippen molar-refractivity contribution in [2.45, 2.75) is 63.1 Å². The molecule has 1 aliphatic rings. The number of thioether (sulfide) groups is 1. The van der Waals surface area contributed by atoms with E-state index in [1.54, 1.807) is 0 Å². The Morgan fingerprint density at radius 3 is 2.36 bits per heavy atom. The molecule has 7 atom stereocenters. The predicted octanol–water partition coefficient (Wildman–Crippen LogP) is -3.27. The van der Waals surface area contributed by atoms with E-state index in [2.05, 4.69) is 34.4 Å². The molecular weight excluding hydrogens is 843 g/mol. The van der Waals surface area contributed by atoms with Crippen molar-refractivity contribution in [1.82, 2.24) is 30.2 Å². The van der Waals surface area contributed by atoms with E-state index in [-0.39, 0.29) is 42.2 Å². The Hall–Kier alpha value is -2.56. The summed E-state index contributed by atoms with van der Waals surface area (Å²) >= 11 is 0.681. The van der Waals surface area contributed by atoms with Gasteiger partial charge in [0.2, 0.25) is 11.8 Å². The van der Waals surface area contributed by atoms with E-state index in [1.165, 1.54) is 13.8 Å². The summed E-state index contributed by atoms with van der Waals surface area (Å²) in [5, 5.41) is 52.7. The zero-order valence-corrected chi connectivity index (χ0v) is 32.8. The highest BCUT2D eigenvalue weighted by molar-refractivity contribution is 8.13. The van der Waals surface area contributed by atoms with Crippen molar-refractivity contribution in [2.75, 3.05) is 44.4 Å². The van der Waals surface area contributed by atoms with Crippen molar-refractivity contribution in [1.29, 1.82) is 0 Å². The van der Waals surface area contributed by atoms with Crippen molar-refractivity contribution in [3.63, 3.8) is 0 Å². The highest BCUT2D eigenvalue weighted by Gasteiger charge is 2.50. The SMILES string of the molecule is CC(C)(COP(=O)(O)OP(=O)(O)OC[C@H]1O[C@@H](n2cnc3c(N)ncnc32)[C@H](O)[C@@H]1OP(=O)(O)O)[C@@H](O)C(=O)NCCC(=O)NCCSC(=O)CC(O)(O)CO. The fourth-order valence-electron chi connectivity index (χ4n) is 4.63. The second-order valence-corrected chi connectivity index (χ2v) is 18.0. The number of carbonyl (C=O) groups excluding carboxylic acids is 3. The number of nitrogens with zero attached hydrogens (tertiary/aromatic N) is 4. The van der Waals surface area contributed by atoms with Crippen LogP contribution in [0.15, 0.2) is 12.7 Å². The van der Waals surface area contributed by atoms with Gasteiger partial charge in [-0.2, -0.15) is 4.31 Å². The van der Waals surface area contributed by atoms with Gasteiger partial charge in [-0.3, -0.25) is 32.5 Å². The van der Waals surface area contributed by atoms with Gasteiger partial charge >= 0.3 is 23.5 Å². The van der Waals surface area contributed by atoms with Gasteiger partial charge in [-0.05, 0) is 0 Å². The number of hydrogen-bond donors (Lipinski definition) is 12. The monoisotopic (exact) mass is 885 g/mol. The number of ether oxygens (including phenoxy) is 1. The summed E-state index contributed by atoms with van der Waals surface area (Å²) in [6.07, 6.45) is -7.91. The van der Waals surface area contributed by atoms with Gasteiger partial charge in [-0.25, -0.2) is 28.6 Å². The molecule has 318 valence electrons. The van der Waals surface area contributed by atoms with Crippen LogP contribution in [0.4, 0.5) is 5.82 Å². The number of phosphoric acid groups is 3. The van der Waals surface area contributed by atoms with Crippen LogP contribution in [0.5, 0.6) is 0 Å². The molecule has 31 heteroatoms. The number of nitrogens with two attached hydrogens (primary N) is 1. The molecule has 0 aliphatic carbocycles. The molecule has 0 aromatic carbocycles. The van der Waals surface area contributed by atoms with Crippen molar-refractivity contribution < 1.29 is 95.8 Å². The first kappa shape index (κ1) is 47.8. The third kappa shape index (κ3) is 14.4. The zero-order valence-electron chi connectivity index (χ0n) is 29.3. The first-order valence-corrected chi connectivity index (χ1v) is 21.4. The number of aromatic nitrogens is 4. The molecule has 1 fully saturated rings. The maximum Gasteiger partial charge on any atom is 0.481 e. The number of carbonyl (C=O) groups is 3. The quantitative estimate of drug-likeness (QED) is 0.0313. The van der Waals surface area contributed by atoms with Crippen molar-refractivity contribution in [2.24, 2.45) is 5.41 Å². The number of imidazole rings is 1. The molecule has 0 radical (unpaired) electrons. The zero-order chi connectivity index (χ0) is 42.3. The van der Waals surface area contributed by atoms with E-state index in [9.17, 15) is 68.1 Å². The van der Waals surface area contributed by atoms with Crippen LogP contribution < -0.4 is 16.4 Å². The third-order valence-electron chi connectivity index (χ3n) is 7.45. The number of nitrogens with one attached hydrogen (secondary N) is 2. The summed E-state index contributed by atoms with van der Waals surface area (Å²) in [6, 6.07) is 0. The molecule has 0 bridgehead atoms. The minimum Gasteiger partial charge on any atom is -0.391 e. The molecule has 13 N–H and O–H groups in total. The topological polar surface area (TPSA) is 424 Å². The summed E-state index contributed by atoms with van der Waals surface area (Å²) in [4.78, 5) is 87.0. The molecule has 2 aromatic rings. The average Bonchev–Trinajstić information content (AvgIpc) is 3.64. The van der Waals surface area contributed by atoms with Crippen LogP contribution in [0.3, 0.4) is 0 Å². The van der Waals surface area contributed by atoms with Gasteiger partial charge in [0.15, 0.2) is 28.6 Å². The first-order valence-electron chi connectivity index (χ1n) is 15.9. The molecule has 0 spiro atoms. The fraction of sp³-hybridized carbons (Fsp3) is 0.680. The van der Waals surface area contributed by atoms with E-state index < -0.39 is 108 Å². The number of aliphatic hydroxyl groups excluding tert-OH is 3. The number of rotatable bonds is 22. The van der Waals surface area contributed by atoms with Gasteiger partial charge in [0, 0.05) is 30.7 Å². The van der Waals surface area contributed by atoms with E-state index in [0.29, 0.717) is 11.8 Å². The summed E-state index contributed by atoms with van der Waals surface area (Å²) < 4.78 is 61.9. The summed E-state index contributed by atoms with van der Waals surface area (Å²) in [7, 11) is -16.5.